The van der Waals surface area contributed by atoms with Crippen molar-refractivity contribution in [3.05, 3.63) is 0 Å². The molecule has 2 rings (SSSR count). The molecule has 2 heterocycles. The Morgan fingerprint density at radius 3 is 2.70 bits per heavy atom. The molecular weight excluding hydrogens is 128 g/mol. The first-order chi connectivity index (χ1) is 4.73. The Balaban J connectivity index is 2.03. The lowest BCUT2D eigenvalue weighted by atomic mass is 9.87. The molecule has 0 saturated carbocycles. The van der Waals surface area contributed by atoms with Crippen molar-refractivity contribution >= 4 is 0 Å². The Bertz CT molecular complexity index is 143. The summed E-state index contributed by atoms with van der Waals surface area (Å²) in [4.78, 5) is 2.24. The Hall–Kier alpha value is -0.120. The average molecular weight is 142 g/mol. The van der Waals surface area contributed by atoms with Gasteiger partial charge in [0, 0.05) is 25.7 Å². The topological polar surface area (TPSA) is 38.5 Å². The van der Waals surface area contributed by atoms with Crippen LogP contribution in [0.2, 0.25) is 0 Å². The van der Waals surface area contributed by atoms with Crippen molar-refractivity contribution in [2.24, 2.45) is 5.73 Å². The van der Waals surface area contributed by atoms with Crippen LogP contribution in [0.4, 0.5) is 0 Å². The van der Waals surface area contributed by atoms with Gasteiger partial charge in [0.2, 0.25) is 0 Å². The molecular formula is C7H14N2O. The third kappa shape index (κ3) is 0.713. The second kappa shape index (κ2) is 1.94. The van der Waals surface area contributed by atoms with Crippen LogP contribution in [0.5, 0.6) is 0 Å². The molecule has 1 atom stereocenters. The monoisotopic (exact) mass is 142 g/mol. The molecule has 2 N–H and O–H groups in total. The zero-order valence-electron chi connectivity index (χ0n) is 6.34. The maximum atomic E-state index is 5.89. The first-order valence-electron chi connectivity index (χ1n) is 3.81. The van der Waals surface area contributed by atoms with E-state index in [1.807, 2.05) is 0 Å². The van der Waals surface area contributed by atoms with E-state index in [4.69, 9.17) is 10.5 Å². The lowest BCUT2D eigenvalue weighted by molar-refractivity contribution is -0.107. The molecule has 1 spiro atoms. The van der Waals surface area contributed by atoms with Crippen molar-refractivity contribution in [3.63, 3.8) is 0 Å². The number of hydrogen-bond donors (Lipinski definition) is 1. The van der Waals surface area contributed by atoms with Gasteiger partial charge in [-0.15, -0.1) is 0 Å². The summed E-state index contributed by atoms with van der Waals surface area (Å²) < 4.78 is 5.59. The first-order valence-corrected chi connectivity index (χ1v) is 3.81. The Morgan fingerprint density at radius 1 is 1.60 bits per heavy atom. The molecule has 0 aromatic heterocycles. The average Bonchev–Trinajstić information content (AvgIpc) is 2.12. The van der Waals surface area contributed by atoms with Gasteiger partial charge in [-0.05, 0) is 13.5 Å². The van der Waals surface area contributed by atoms with Crippen molar-refractivity contribution in [3.8, 4) is 0 Å². The molecule has 0 amide bonds. The molecule has 2 aliphatic heterocycles. The lowest BCUT2D eigenvalue weighted by Crippen LogP contribution is -2.66. The van der Waals surface area contributed by atoms with Gasteiger partial charge in [-0.1, -0.05) is 0 Å². The summed E-state index contributed by atoms with van der Waals surface area (Å²) in [5.74, 6) is 0. The molecule has 2 fully saturated rings. The normalized spacial score (nSPS) is 38.4. The largest absolute Gasteiger partial charge is 0.371 e. The van der Waals surface area contributed by atoms with Crippen LogP contribution in [-0.2, 0) is 4.74 Å². The van der Waals surface area contributed by atoms with Gasteiger partial charge < -0.3 is 15.4 Å². The van der Waals surface area contributed by atoms with E-state index in [1.54, 1.807) is 0 Å². The van der Waals surface area contributed by atoms with E-state index in [1.165, 1.54) is 0 Å². The molecule has 1 unspecified atom stereocenters. The van der Waals surface area contributed by atoms with Crippen LogP contribution in [0, 0.1) is 0 Å². The van der Waals surface area contributed by atoms with Gasteiger partial charge in [0.15, 0.2) is 0 Å². The number of likely N-dealkylation sites (N-methyl/N-ethyl adjacent to an activating group) is 1. The molecule has 0 aliphatic carbocycles. The lowest BCUT2D eigenvalue weighted by Gasteiger charge is -2.47. The summed E-state index contributed by atoms with van der Waals surface area (Å²) in [5.41, 5.74) is 5.94. The fraction of sp³-hybridized carbons (Fsp3) is 1.00. The second-order valence-corrected chi connectivity index (χ2v) is 3.48. The predicted octanol–water partition coefficient (Wildman–Crippen LogP) is -0.582. The number of ether oxygens (including phenoxy) is 1. The number of rotatable bonds is 0. The van der Waals surface area contributed by atoms with Gasteiger partial charge in [-0.25, -0.2) is 0 Å². The van der Waals surface area contributed by atoms with E-state index in [0.29, 0.717) is 0 Å². The van der Waals surface area contributed by atoms with Crippen LogP contribution < -0.4 is 5.73 Å². The minimum absolute atomic E-state index is 0.0503. The van der Waals surface area contributed by atoms with E-state index in [0.717, 1.165) is 26.1 Å². The summed E-state index contributed by atoms with van der Waals surface area (Å²) >= 11 is 0. The molecule has 0 radical (unpaired) electrons. The zero-order valence-corrected chi connectivity index (χ0v) is 6.34. The van der Waals surface area contributed by atoms with Crippen molar-refractivity contribution in [2.75, 3.05) is 26.7 Å². The highest BCUT2D eigenvalue weighted by atomic mass is 16.5. The molecule has 2 aliphatic rings. The molecule has 3 heteroatoms. The minimum Gasteiger partial charge on any atom is -0.371 e. The fourth-order valence-electron chi connectivity index (χ4n) is 1.95. The smallest absolute Gasteiger partial charge is 0.108 e. The van der Waals surface area contributed by atoms with Crippen LogP contribution in [0.25, 0.3) is 0 Å². The Kier molecular flexibility index (Phi) is 1.27. The van der Waals surface area contributed by atoms with Gasteiger partial charge in [-0.3, -0.25) is 0 Å². The number of likely N-dealkylation sites (tertiary alicyclic amines) is 1. The van der Waals surface area contributed by atoms with Crippen LogP contribution >= 0.6 is 0 Å². The summed E-state index contributed by atoms with van der Waals surface area (Å²) in [6, 6.07) is 0.281. The van der Waals surface area contributed by atoms with Crippen molar-refractivity contribution in [1.82, 2.24) is 4.90 Å². The first kappa shape index (κ1) is 6.58. The SMILES string of the molecule is CN1CC2(C1)OCCC2N. The van der Waals surface area contributed by atoms with Gasteiger partial charge in [0.05, 0.1) is 0 Å². The van der Waals surface area contributed by atoms with Crippen molar-refractivity contribution in [1.29, 1.82) is 0 Å². The summed E-state index contributed by atoms with van der Waals surface area (Å²) in [6.45, 7) is 2.90. The van der Waals surface area contributed by atoms with Gasteiger partial charge in [-0.2, -0.15) is 0 Å². The van der Waals surface area contributed by atoms with E-state index in [-0.39, 0.29) is 11.6 Å². The number of hydrogen-bond acceptors (Lipinski definition) is 3. The Labute approximate surface area is 61.1 Å². The van der Waals surface area contributed by atoms with Crippen molar-refractivity contribution < 1.29 is 4.74 Å². The summed E-state index contributed by atoms with van der Waals surface area (Å²) in [5, 5.41) is 0. The number of nitrogens with zero attached hydrogens (tertiary/aromatic N) is 1. The molecule has 0 bridgehead atoms. The summed E-state index contributed by atoms with van der Waals surface area (Å²) in [7, 11) is 2.10. The molecule has 10 heavy (non-hydrogen) atoms. The highest BCUT2D eigenvalue weighted by Gasteiger charge is 2.50. The van der Waals surface area contributed by atoms with Crippen LogP contribution in [-0.4, -0.2) is 43.3 Å². The maximum absolute atomic E-state index is 5.89. The number of nitrogens with two attached hydrogens (primary N) is 1. The molecule has 0 aromatic carbocycles. The zero-order chi connectivity index (χ0) is 7.19. The molecule has 0 aromatic rings. The van der Waals surface area contributed by atoms with Gasteiger partial charge >= 0.3 is 0 Å². The van der Waals surface area contributed by atoms with E-state index in [2.05, 4.69) is 11.9 Å². The second-order valence-electron chi connectivity index (χ2n) is 3.48. The third-order valence-electron chi connectivity index (χ3n) is 2.57. The van der Waals surface area contributed by atoms with Crippen LogP contribution in [0.15, 0.2) is 0 Å². The van der Waals surface area contributed by atoms with Crippen molar-refractivity contribution in [2.45, 2.75) is 18.1 Å². The Morgan fingerprint density at radius 2 is 2.30 bits per heavy atom. The third-order valence-corrected chi connectivity index (χ3v) is 2.57. The van der Waals surface area contributed by atoms with Crippen LogP contribution in [0.1, 0.15) is 6.42 Å². The minimum atomic E-state index is 0.0503. The highest BCUT2D eigenvalue weighted by molar-refractivity contribution is 5.06. The predicted molar refractivity (Wildman–Crippen MR) is 38.8 cm³/mol. The van der Waals surface area contributed by atoms with E-state index >= 15 is 0 Å². The maximum Gasteiger partial charge on any atom is 0.108 e. The van der Waals surface area contributed by atoms with Gasteiger partial charge in [0.25, 0.3) is 0 Å². The standard InChI is InChI=1S/C7H14N2O/c1-9-4-7(5-9)6(8)2-3-10-7/h6H,2-5,8H2,1H3. The molecule has 2 saturated heterocycles. The van der Waals surface area contributed by atoms with E-state index < -0.39 is 0 Å². The highest BCUT2D eigenvalue weighted by Crippen LogP contribution is 2.32. The fourth-order valence-corrected chi connectivity index (χ4v) is 1.95. The quantitative estimate of drug-likeness (QED) is 0.491. The van der Waals surface area contributed by atoms with Crippen LogP contribution in [0.3, 0.4) is 0 Å². The summed E-state index contributed by atoms with van der Waals surface area (Å²) in [6.07, 6.45) is 1.04. The molecule has 3 nitrogen and oxygen atoms in total. The van der Waals surface area contributed by atoms with Gasteiger partial charge in [0.1, 0.15) is 5.60 Å². The molecule has 58 valence electrons. The van der Waals surface area contributed by atoms with E-state index in [9.17, 15) is 0 Å².